The third kappa shape index (κ3) is 3.71. The Morgan fingerprint density at radius 3 is 2.81 bits per heavy atom. The molecule has 2 aliphatic rings. The van der Waals surface area contributed by atoms with Crippen molar-refractivity contribution in [3.63, 3.8) is 0 Å². The summed E-state index contributed by atoms with van der Waals surface area (Å²) in [6, 6.07) is 5.49. The van der Waals surface area contributed by atoms with Crippen LogP contribution >= 0.6 is 0 Å². The van der Waals surface area contributed by atoms with Crippen LogP contribution in [0.4, 0.5) is 11.6 Å². The largest absolute Gasteiger partial charge is 0.458 e. The van der Waals surface area contributed by atoms with Gasteiger partial charge in [-0.1, -0.05) is 0 Å². The number of carbonyl (C=O) groups is 1. The molecule has 4 heterocycles. The number of aromatic nitrogens is 2. The van der Waals surface area contributed by atoms with Crippen molar-refractivity contribution in [2.24, 2.45) is 5.10 Å². The van der Waals surface area contributed by atoms with Crippen molar-refractivity contribution in [3.05, 3.63) is 24.0 Å². The van der Waals surface area contributed by atoms with E-state index < -0.39 is 0 Å². The second-order valence-electron chi connectivity index (χ2n) is 7.22. The molecule has 1 amide bonds. The highest BCUT2D eigenvalue weighted by molar-refractivity contribution is 5.94. The molecule has 1 saturated heterocycles. The minimum Gasteiger partial charge on any atom is -0.458 e. The Hall–Kier alpha value is -2.74. The second kappa shape index (κ2) is 7.11. The van der Waals surface area contributed by atoms with E-state index in [1.807, 2.05) is 31.0 Å². The van der Waals surface area contributed by atoms with E-state index in [1.165, 1.54) is 0 Å². The van der Waals surface area contributed by atoms with Crippen molar-refractivity contribution in [1.82, 2.24) is 15.3 Å². The van der Waals surface area contributed by atoms with E-state index >= 15 is 0 Å². The van der Waals surface area contributed by atoms with E-state index in [0.717, 1.165) is 37.3 Å². The van der Waals surface area contributed by atoms with Gasteiger partial charge in [-0.3, -0.25) is 4.79 Å². The lowest BCUT2D eigenvalue weighted by Crippen LogP contribution is -2.35. The quantitative estimate of drug-likeness (QED) is 0.861. The zero-order chi connectivity index (χ0) is 19.0. The summed E-state index contributed by atoms with van der Waals surface area (Å²) in [6.45, 7) is 6.84. The number of anilines is 2. The van der Waals surface area contributed by atoms with Crippen molar-refractivity contribution in [2.45, 2.75) is 52.1 Å². The fraction of sp³-hybridized carbons (Fsp3) is 0.474. The molecule has 142 valence electrons. The van der Waals surface area contributed by atoms with Gasteiger partial charge in [-0.2, -0.15) is 5.10 Å². The molecule has 8 nitrogen and oxygen atoms in total. The smallest absolute Gasteiger partial charge is 0.242 e. The molecule has 2 aromatic heterocycles. The van der Waals surface area contributed by atoms with Gasteiger partial charge in [0, 0.05) is 18.2 Å². The number of furan rings is 1. The Balaban J connectivity index is 1.69. The molecule has 27 heavy (non-hydrogen) atoms. The van der Waals surface area contributed by atoms with Gasteiger partial charge in [-0.05, 0) is 52.3 Å². The summed E-state index contributed by atoms with van der Waals surface area (Å²) < 4.78 is 5.69. The molecule has 0 saturated carbocycles. The van der Waals surface area contributed by atoms with Crippen LogP contribution in [0.25, 0.3) is 11.6 Å². The zero-order valence-electron chi connectivity index (χ0n) is 15.8. The summed E-state index contributed by atoms with van der Waals surface area (Å²) in [4.78, 5) is 21.7. The molecule has 0 bridgehead atoms. The summed E-state index contributed by atoms with van der Waals surface area (Å²) in [7, 11) is 0. The number of aryl methyl sites for hydroxylation is 1. The lowest BCUT2D eigenvalue weighted by molar-refractivity contribution is -0.117. The fourth-order valence-corrected chi connectivity index (χ4v) is 3.52. The molecule has 2 atom stereocenters. The number of hydrazone groups is 1. The van der Waals surface area contributed by atoms with Gasteiger partial charge in [0.15, 0.2) is 17.4 Å². The number of carbonyl (C=O) groups excluding carboxylic acids is 1. The molecule has 2 aromatic rings. The number of hydrogen-bond donors (Lipinski definition) is 2. The Morgan fingerprint density at radius 1 is 1.33 bits per heavy atom. The highest BCUT2D eigenvalue weighted by Gasteiger charge is 2.26. The molecule has 4 rings (SSSR count). The molecule has 2 N–H and O–H groups in total. The molecular weight excluding hydrogens is 344 g/mol. The topological polar surface area (TPSA) is 95.7 Å². The standard InChI is InChI=1S/C19H24N6O2/c1-11-9-12(2)25(24-11)17-10-16(22-19(26)14-5-4-8-20-14)21-18(23-17)15-7-6-13(3)27-15/h6-7,10,12,14,20H,4-5,8-9H2,1-3H3,(H,21,22,23,26)/t12?,14-/m0/s1. The first-order valence-corrected chi connectivity index (χ1v) is 9.33. The Bertz CT molecular complexity index is 884. The first-order chi connectivity index (χ1) is 13.0. The normalized spacial score (nSPS) is 22.2. The van der Waals surface area contributed by atoms with Crippen molar-refractivity contribution in [3.8, 4) is 11.6 Å². The lowest BCUT2D eigenvalue weighted by Gasteiger charge is -2.20. The van der Waals surface area contributed by atoms with Crippen LogP contribution in [0.1, 0.15) is 38.9 Å². The minimum atomic E-state index is -0.177. The number of hydrogen-bond acceptors (Lipinski definition) is 7. The van der Waals surface area contributed by atoms with Crippen LogP contribution in [-0.4, -0.2) is 40.2 Å². The maximum atomic E-state index is 12.5. The molecular formula is C19H24N6O2. The zero-order valence-corrected chi connectivity index (χ0v) is 15.8. The lowest BCUT2D eigenvalue weighted by atomic mass is 10.2. The summed E-state index contributed by atoms with van der Waals surface area (Å²) in [5, 5.41) is 12.6. The Labute approximate surface area is 158 Å². The van der Waals surface area contributed by atoms with Crippen LogP contribution in [0.2, 0.25) is 0 Å². The van der Waals surface area contributed by atoms with E-state index in [2.05, 4.69) is 32.6 Å². The molecule has 2 aliphatic heterocycles. The van der Waals surface area contributed by atoms with E-state index in [4.69, 9.17) is 4.42 Å². The average molecular weight is 368 g/mol. The monoisotopic (exact) mass is 368 g/mol. The number of amides is 1. The summed E-state index contributed by atoms with van der Waals surface area (Å²) >= 11 is 0. The maximum Gasteiger partial charge on any atom is 0.242 e. The third-order valence-corrected chi connectivity index (χ3v) is 4.82. The summed E-state index contributed by atoms with van der Waals surface area (Å²) in [6.07, 6.45) is 2.72. The van der Waals surface area contributed by atoms with E-state index in [1.54, 1.807) is 6.07 Å². The van der Waals surface area contributed by atoms with Crippen LogP contribution in [0.3, 0.4) is 0 Å². The van der Waals surface area contributed by atoms with E-state index in [9.17, 15) is 4.79 Å². The summed E-state index contributed by atoms with van der Waals surface area (Å²) in [5.74, 6) is 2.80. The first kappa shape index (κ1) is 17.7. The molecule has 0 aliphatic carbocycles. The predicted molar refractivity (Wildman–Crippen MR) is 104 cm³/mol. The third-order valence-electron chi connectivity index (χ3n) is 4.82. The van der Waals surface area contributed by atoms with Gasteiger partial charge in [0.2, 0.25) is 5.91 Å². The van der Waals surface area contributed by atoms with Crippen LogP contribution in [0.15, 0.2) is 27.7 Å². The van der Waals surface area contributed by atoms with Crippen LogP contribution in [0.5, 0.6) is 0 Å². The van der Waals surface area contributed by atoms with Gasteiger partial charge in [0.1, 0.15) is 11.6 Å². The molecule has 1 unspecified atom stereocenters. The summed E-state index contributed by atoms with van der Waals surface area (Å²) in [5.41, 5.74) is 1.05. The van der Waals surface area contributed by atoms with Crippen LogP contribution < -0.4 is 15.6 Å². The highest BCUT2D eigenvalue weighted by Crippen LogP contribution is 2.28. The first-order valence-electron chi connectivity index (χ1n) is 9.33. The van der Waals surface area contributed by atoms with E-state index in [-0.39, 0.29) is 18.0 Å². The molecule has 0 radical (unpaired) electrons. The molecule has 0 spiro atoms. The number of nitrogens with one attached hydrogen (secondary N) is 2. The van der Waals surface area contributed by atoms with Gasteiger partial charge >= 0.3 is 0 Å². The average Bonchev–Trinajstić information content (AvgIpc) is 3.36. The van der Waals surface area contributed by atoms with Gasteiger partial charge in [-0.15, -0.1) is 0 Å². The minimum absolute atomic E-state index is 0.0760. The van der Waals surface area contributed by atoms with Crippen molar-refractivity contribution in [1.29, 1.82) is 0 Å². The SMILES string of the molecule is CC1=NN(c2cc(NC(=O)[C@@H]3CCCN3)nc(-c3ccc(C)o3)n2)C(C)C1. The molecule has 8 heteroatoms. The highest BCUT2D eigenvalue weighted by atomic mass is 16.3. The van der Waals surface area contributed by atoms with Crippen LogP contribution in [0, 0.1) is 6.92 Å². The van der Waals surface area contributed by atoms with Crippen molar-refractivity contribution in [2.75, 3.05) is 16.9 Å². The van der Waals surface area contributed by atoms with E-state index in [0.29, 0.717) is 23.2 Å². The van der Waals surface area contributed by atoms with Gasteiger partial charge < -0.3 is 15.1 Å². The van der Waals surface area contributed by atoms with Crippen LogP contribution in [-0.2, 0) is 4.79 Å². The van der Waals surface area contributed by atoms with Crippen molar-refractivity contribution >= 4 is 23.3 Å². The molecule has 0 aromatic carbocycles. The number of rotatable bonds is 4. The Kier molecular flexibility index (Phi) is 4.65. The fourth-order valence-electron chi connectivity index (χ4n) is 3.52. The molecule has 1 fully saturated rings. The van der Waals surface area contributed by atoms with Gasteiger partial charge in [0.25, 0.3) is 0 Å². The van der Waals surface area contributed by atoms with Gasteiger partial charge in [-0.25, -0.2) is 15.0 Å². The van der Waals surface area contributed by atoms with Crippen molar-refractivity contribution < 1.29 is 9.21 Å². The predicted octanol–water partition coefficient (Wildman–Crippen LogP) is 2.71. The number of nitrogens with zero attached hydrogens (tertiary/aromatic N) is 4. The van der Waals surface area contributed by atoms with Gasteiger partial charge in [0.05, 0.1) is 12.1 Å². The maximum absolute atomic E-state index is 12.5. The Morgan fingerprint density at radius 2 is 2.19 bits per heavy atom. The second-order valence-corrected chi connectivity index (χ2v) is 7.22.